The highest BCUT2D eigenvalue weighted by atomic mass is 16.4. The van der Waals surface area contributed by atoms with Gasteiger partial charge in [-0.2, -0.15) is 0 Å². The lowest BCUT2D eigenvalue weighted by atomic mass is 10.0. The maximum Gasteiger partial charge on any atom is 0.326 e. The molecule has 1 aromatic heterocycles. The third-order valence-corrected chi connectivity index (χ3v) is 5.01. The summed E-state index contributed by atoms with van der Waals surface area (Å²) < 4.78 is 0. The van der Waals surface area contributed by atoms with Crippen LogP contribution in [0.15, 0.2) is 42.9 Å². The molecule has 3 unspecified atom stereocenters. The first kappa shape index (κ1) is 26.5. The van der Waals surface area contributed by atoms with E-state index >= 15 is 0 Å². The lowest BCUT2D eigenvalue weighted by Gasteiger charge is -2.23. The number of aliphatic carboxylic acids is 1. The number of imidazole rings is 1. The summed E-state index contributed by atoms with van der Waals surface area (Å²) in [5.41, 5.74) is 7.36. The van der Waals surface area contributed by atoms with Gasteiger partial charge in [-0.25, -0.2) is 9.78 Å². The first-order chi connectivity index (χ1) is 16.2. The number of nitrogens with two attached hydrogens (primary N) is 1. The van der Waals surface area contributed by atoms with Crippen LogP contribution < -0.4 is 21.7 Å². The molecule has 0 aliphatic carbocycles. The average Bonchev–Trinajstić information content (AvgIpc) is 3.30. The van der Waals surface area contributed by atoms with Crippen LogP contribution in [0.4, 0.5) is 0 Å². The van der Waals surface area contributed by atoms with Crippen molar-refractivity contribution in [2.24, 2.45) is 11.7 Å². The fourth-order valence-electron chi connectivity index (χ4n) is 3.30. The third-order valence-electron chi connectivity index (χ3n) is 5.01. The molecule has 0 fully saturated rings. The summed E-state index contributed by atoms with van der Waals surface area (Å²) in [6.45, 7) is 3.38. The number of H-pyrrole nitrogens is 1. The van der Waals surface area contributed by atoms with E-state index in [1.807, 2.05) is 44.2 Å². The summed E-state index contributed by atoms with van der Waals surface area (Å²) in [6, 6.07) is 6.26. The van der Waals surface area contributed by atoms with Gasteiger partial charge in [0.15, 0.2) is 0 Å². The van der Waals surface area contributed by atoms with Crippen molar-refractivity contribution in [1.82, 2.24) is 25.9 Å². The fourth-order valence-corrected chi connectivity index (χ4v) is 3.30. The number of nitrogens with zero attached hydrogens (tertiary/aromatic N) is 1. The van der Waals surface area contributed by atoms with Crippen LogP contribution in [-0.4, -0.2) is 63.4 Å². The number of aromatic amines is 1. The predicted molar refractivity (Wildman–Crippen MR) is 124 cm³/mol. The van der Waals surface area contributed by atoms with Crippen LogP contribution in [0.2, 0.25) is 0 Å². The Morgan fingerprint density at radius 1 is 1.03 bits per heavy atom. The fraction of sp³-hybridized carbons (Fsp3) is 0.435. The number of carbonyl (C=O) groups excluding carboxylic acids is 3. The predicted octanol–water partition coefficient (Wildman–Crippen LogP) is -0.261. The van der Waals surface area contributed by atoms with E-state index in [2.05, 4.69) is 25.9 Å². The largest absolute Gasteiger partial charge is 0.480 e. The maximum absolute atomic E-state index is 12.8. The van der Waals surface area contributed by atoms with Gasteiger partial charge in [0, 0.05) is 18.3 Å². The smallest absolute Gasteiger partial charge is 0.326 e. The van der Waals surface area contributed by atoms with Crippen LogP contribution in [0.1, 0.15) is 31.5 Å². The molecule has 11 heteroatoms. The van der Waals surface area contributed by atoms with E-state index in [0.29, 0.717) is 12.1 Å². The van der Waals surface area contributed by atoms with E-state index in [-0.39, 0.29) is 25.3 Å². The van der Waals surface area contributed by atoms with Crippen LogP contribution in [0, 0.1) is 5.92 Å². The second kappa shape index (κ2) is 13.1. The van der Waals surface area contributed by atoms with Crippen molar-refractivity contribution in [2.45, 2.75) is 51.2 Å². The lowest BCUT2D eigenvalue weighted by Crippen LogP contribution is -2.54. The Hall–Kier alpha value is -3.73. The molecule has 0 radical (unpaired) electrons. The minimum absolute atomic E-state index is 0.0127. The summed E-state index contributed by atoms with van der Waals surface area (Å²) in [7, 11) is 0. The number of rotatable bonds is 13. The van der Waals surface area contributed by atoms with Crippen LogP contribution in [0.25, 0.3) is 0 Å². The lowest BCUT2D eigenvalue weighted by molar-refractivity contribution is -0.142. The van der Waals surface area contributed by atoms with Gasteiger partial charge in [0.05, 0.1) is 18.9 Å². The molecule has 0 aliphatic heterocycles. The molecule has 11 nitrogen and oxygen atoms in total. The molecule has 0 bridgehead atoms. The van der Waals surface area contributed by atoms with Gasteiger partial charge >= 0.3 is 5.97 Å². The molecule has 1 aromatic carbocycles. The molecule has 7 N–H and O–H groups in total. The molecule has 184 valence electrons. The Balaban J connectivity index is 1.90. The zero-order valence-electron chi connectivity index (χ0n) is 19.3. The number of benzene rings is 1. The molecular weight excluding hydrogens is 440 g/mol. The normalized spacial score (nSPS) is 13.5. The number of carboxylic acids is 1. The van der Waals surface area contributed by atoms with Crippen molar-refractivity contribution in [2.75, 3.05) is 6.54 Å². The van der Waals surface area contributed by atoms with E-state index in [1.54, 1.807) is 0 Å². The molecule has 0 saturated carbocycles. The highest BCUT2D eigenvalue weighted by Gasteiger charge is 2.28. The van der Waals surface area contributed by atoms with Gasteiger partial charge in [-0.15, -0.1) is 0 Å². The molecule has 0 spiro atoms. The Bertz CT molecular complexity index is 948. The molecular formula is C23H32N6O5. The van der Waals surface area contributed by atoms with Gasteiger partial charge < -0.3 is 31.8 Å². The summed E-state index contributed by atoms with van der Waals surface area (Å²) in [6.07, 6.45) is 3.51. The van der Waals surface area contributed by atoms with Crippen LogP contribution in [0.5, 0.6) is 0 Å². The van der Waals surface area contributed by atoms with Gasteiger partial charge in [-0.05, 0) is 24.3 Å². The molecule has 2 rings (SSSR count). The van der Waals surface area contributed by atoms with Crippen LogP contribution in [-0.2, 0) is 32.0 Å². The summed E-state index contributed by atoms with van der Waals surface area (Å²) in [5.74, 6) is -2.87. The monoisotopic (exact) mass is 472 g/mol. The summed E-state index contributed by atoms with van der Waals surface area (Å²) in [5, 5.41) is 17.0. The van der Waals surface area contributed by atoms with E-state index < -0.39 is 41.8 Å². The average molecular weight is 473 g/mol. The highest BCUT2D eigenvalue weighted by Crippen LogP contribution is 2.07. The molecule has 0 aliphatic rings. The minimum atomic E-state index is -1.21. The number of amides is 3. The molecule has 3 atom stereocenters. The topological polar surface area (TPSA) is 179 Å². The molecule has 0 saturated heterocycles. The van der Waals surface area contributed by atoms with Gasteiger partial charge in [0.25, 0.3) is 0 Å². The SMILES string of the molecule is CC(C)CC(NC(=O)CNC(=O)C(N)Cc1ccccc1)C(=O)NC(Cc1cnc[nH]1)C(=O)O. The van der Waals surface area contributed by atoms with Crippen molar-refractivity contribution in [1.29, 1.82) is 0 Å². The Kier molecular flexibility index (Phi) is 10.2. The van der Waals surface area contributed by atoms with E-state index in [9.17, 15) is 24.3 Å². The van der Waals surface area contributed by atoms with E-state index in [1.165, 1.54) is 12.5 Å². The number of nitrogens with one attached hydrogen (secondary N) is 4. The van der Waals surface area contributed by atoms with E-state index in [4.69, 9.17) is 5.73 Å². The first-order valence-corrected chi connectivity index (χ1v) is 11.0. The van der Waals surface area contributed by atoms with Crippen molar-refractivity contribution >= 4 is 23.7 Å². The molecule has 1 heterocycles. The van der Waals surface area contributed by atoms with Crippen molar-refractivity contribution in [3.8, 4) is 0 Å². The third kappa shape index (κ3) is 9.02. The Morgan fingerprint density at radius 3 is 2.32 bits per heavy atom. The highest BCUT2D eigenvalue weighted by molar-refractivity contribution is 5.92. The molecule has 3 amide bonds. The van der Waals surface area contributed by atoms with Gasteiger partial charge in [-0.1, -0.05) is 44.2 Å². The van der Waals surface area contributed by atoms with Gasteiger partial charge in [0.2, 0.25) is 17.7 Å². The quantitative estimate of drug-likeness (QED) is 0.232. The zero-order valence-corrected chi connectivity index (χ0v) is 19.3. The first-order valence-electron chi connectivity index (χ1n) is 11.0. The van der Waals surface area contributed by atoms with Crippen LogP contribution >= 0.6 is 0 Å². The van der Waals surface area contributed by atoms with Crippen molar-refractivity contribution < 1.29 is 24.3 Å². The summed E-state index contributed by atoms with van der Waals surface area (Å²) in [4.78, 5) is 55.7. The molecule has 2 aromatic rings. The van der Waals surface area contributed by atoms with E-state index in [0.717, 1.165) is 5.56 Å². The standard InChI is InChI=1S/C23H32N6O5/c1-14(2)8-18(22(32)29-19(23(33)34)10-16-11-25-13-27-16)28-20(30)12-26-21(31)17(24)9-15-6-4-3-5-7-15/h3-7,11,13-14,17-19H,8-10,12,24H2,1-2H3,(H,25,27)(H,26,31)(H,28,30)(H,29,32)(H,33,34). The minimum Gasteiger partial charge on any atom is -0.480 e. The Morgan fingerprint density at radius 2 is 1.74 bits per heavy atom. The number of hydrogen-bond acceptors (Lipinski definition) is 6. The zero-order chi connectivity index (χ0) is 25.1. The number of hydrogen-bond donors (Lipinski definition) is 6. The second-order valence-electron chi connectivity index (χ2n) is 8.44. The van der Waals surface area contributed by atoms with Crippen molar-refractivity contribution in [3.63, 3.8) is 0 Å². The number of carboxylic acid groups (broad SMARTS) is 1. The van der Waals surface area contributed by atoms with Crippen molar-refractivity contribution in [3.05, 3.63) is 54.1 Å². The number of carbonyl (C=O) groups is 4. The maximum atomic E-state index is 12.8. The second-order valence-corrected chi connectivity index (χ2v) is 8.44. The number of aromatic nitrogens is 2. The summed E-state index contributed by atoms with van der Waals surface area (Å²) >= 11 is 0. The Labute approximate surface area is 197 Å². The molecule has 34 heavy (non-hydrogen) atoms. The van der Waals surface area contributed by atoms with Gasteiger partial charge in [-0.3, -0.25) is 14.4 Å². The van der Waals surface area contributed by atoms with Gasteiger partial charge in [0.1, 0.15) is 12.1 Å². The van der Waals surface area contributed by atoms with Crippen LogP contribution in [0.3, 0.4) is 0 Å².